The predicted molar refractivity (Wildman–Crippen MR) is 71.5 cm³/mol. The number of hydrogen-bond donors (Lipinski definition) is 1. The summed E-state index contributed by atoms with van der Waals surface area (Å²) in [7, 11) is -4.77. The van der Waals surface area contributed by atoms with Crippen molar-refractivity contribution in [2.24, 2.45) is 0 Å². The zero-order chi connectivity index (χ0) is 15.6. The van der Waals surface area contributed by atoms with E-state index >= 15 is 0 Å². The Hall–Kier alpha value is -1.09. The van der Waals surface area contributed by atoms with E-state index in [0.717, 1.165) is 24.5 Å². The van der Waals surface area contributed by atoms with E-state index < -0.39 is 32.4 Å². The van der Waals surface area contributed by atoms with Gasteiger partial charge >= 0.3 is 6.18 Å². The Kier molecular flexibility index (Phi) is 5.20. The fourth-order valence-corrected chi connectivity index (χ4v) is 3.51. The van der Waals surface area contributed by atoms with Gasteiger partial charge in [-0.3, -0.25) is 4.21 Å². The molecule has 4 nitrogen and oxygen atoms in total. The van der Waals surface area contributed by atoms with Gasteiger partial charge < -0.3 is 5.73 Å². The minimum atomic E-state index is -4.51. The first-order chi connectivity index (χ1) is 9.00. The molecule has 0 spiro atoms. The first-order valence-electron chi connectivity index (χ1n) is 5.53. The molecule has 0 saturated carbocycles. The summed E-state index contributed by atoms with van der Waals surface area (Å²) in [5.74, 6) is -0.0953. The van der Waals surface area contributed by atoms with Crippen molar-refractivity contribution < 1.29 is 25.8 Å². The van der Waals surface area contributed by atoms with Crippen molar-refractivity contribution in [3.63, 3.8) is 0 Å². The van der Waals surface area contributed by atoms with E-state index in [1.807, 2.05) is 0 Å². The molecule has 2 N–H and O–H groups in total. The molecule has 0 bridgehead atoms. The van der Waals surface area contributed by atoms with E-state index in [-0.39, 0.29) is 28.5 Å². The van der Waals surface area contributed by atoms with Crippen molar-refractivity contribution in [2.75, 3.05) is 23.5 Å². The number of rotatable bonds is 5. The maximum Gasteiger partial charge on any atom is 0.416 e. The zero-order valence-electron chi connectivity index (χ0n) is 10.6. The standard InChI is InChI=1S/C11H14F3NO3S2/c1-20(17,18)6-2-5-19(16)10-4-3-8(7-9(10)15)11(12,13)14/h3-4,7H,2,5-6,15H2,1H3. The summed E-state index contributed by atoms with van der Waals surface area (Å²) in [4.78, 5) is 0.0894. The van der Waals surface area contributed by atoms with Gasteiger partial charge in [-0.05, 0) is 24.6 Å². The summed E-state index contributed by atoms with van der Waals surface area (Å²) in [6, 6.07) is 2.60. The molecule has 0 saturated heterocycles. The van der Waals surface area contributed by atoms with Crippen LogP contribution in [0.2, 0.25) is 0 Å². The molecule has 0 heterocycles. The minimum Gasteiger partial charge on any atom is -0.398 e. The van der Waals surface area contributed by atoms with Crippen LogP contribution < -0.4 is 5.73 Å². The molecule has 0 aliphatic heterocycles. The first kappa shape index (κ1) is 17.0. The molecule has 0 aliphatic rings. The topological polar surface area (TPSA) is 77.2 Å². The van der Waals surface area contributed by atoms with Crippen LogP contribution in [0.1, 0.15) is 12.0 Å². The van der Waals surface area contributed by atoms with Crippen LogP contribution in [0.15, 0.2) is 23.1 Å². The highest BCUT2D eigenvalue weighted by Gasteiger charge is 2.31. The predicted octanol–water partition coefficient (Wildman–Crippen LogP) is 1.83. The van der Waals surface area contributed by atoms with Crippen LogP contribution in [-0.2, 0) is 26.8 Å². The van der Waals surface area contributed by atoms with Crippen LogP contribution in [0.25, 0.3) is 0 Å². The van der Waals surface area contributed by atoms with Gasteiger partial charge in [-0.25, -0.2) is 8.42 Å². The van der Waals surface area contributed by atoms with Crippen LogP contribution in [0, 0.1) is 0 Å². The highest BCUT2D eigenvalue weighted by Crippen LogP contribution is 2.32. The number of benzene rings is 1. The van der Waals surface area contributed by atoms with Gasteiger partial charge in [0.05, 0.1) is 27.0 Å². The number of nitrogen functional groups attached to an aromatic ring is 1. The second kappa shape index (κ2) is 6.13. The first-order valence-corrected chi connectivity index (χ1v) is 8.91. The fourth-order valence-electron chi connectivity index (χ4n) is 1.49. The molecule has 1 aromatic rings. The number of anilines is 1. The number of halogens is 3. The minimum absolute atomic E-state index is 0.0304. The lowest BCUT2D eigenvalue weighted by molar-refractivity contribution is -0.137. The van der Waals surface area contributed by atoms with Crippen LogP contribution in [0.5, 0.6) is 0 Å². The van der Waals surface area contributed by atoms with Crippen molar-refractivity contribution in [3.05, 3.63) is 23.8 Å². The fraction of sp³-hybridized carbons (Fsp3) is 0.455. The second-order valence-corrected chi connectivity index (χ2v) is 8.08. The Bertz CT molecular complexity index is 612. The van der Waals surface area contributed by atoms with Gasteiger partial charge in [-0.15, -0.1) is 0 Å². The normalized spacial score (nSPS) is 14.2. The zero-order valence-corrected chi connectivity index (χ0v) is 12.2. The molecule has 114 valence electrons. The highest BCUT2D eigenvalue weighted by molar-refractivity contribution is 7.90. The molecule has 1 atom stereocenters. The summed E-state index contributed by atoms with van der Waals surface area (Å²) in [6.07, 6.45) is -3.29. The van der Waals surface area contributed by atoms with E-state index in [0.29, 0.717) is 0 Å². The molecule has 1 unspecified atom stereocenters. The second-order valence-electron chi connectivity index (χ2n) is 4.28. The van der Waals surface area contributed by atoms with E-state index in [9.17, 15) is 25.8 Å². The molecular formula is C11H14F3NO3S2. The molecular weight excluding hydrogens is 315 g/mol. The summed E-state index contributed by atoms with van der Waals surface area (Å²) < 4.78 is 71.0. The third-order valence-corrected chi connectivity index (χ3v) is 4.98. The molecule has 1 rings (SSSR count). The van der Waals surface area contributed by atoms with Crippen molar-refractivity contribution in [2.45, 2.75) is 17.5 Å². The van der Waals surface area contributed by atoms with Crippen molar-refractivity contribution in [3.8, 4) is 0 Å². The van der Waals surface area contributed by atoms with Crippen LogP contribution in [0.3, 0.4) is 0 Å². The van der Waals surface area contributed by atoms with Crippen LogP contribution >= 0.6 is 0 Å². The molecule has 20 heavy (non-hydrogen) atoms. The largest absolute Gasteiger partial charge is 0.416 e. The molecule has 9 heteroatoms. The van der Waals surface area contributed by atoms with Gasteiger partial charge in [-0.1, -0.05) is 0 Å². The lowest BCUT2D eigenvalue weighted by Crippen LogP contribution is -2.10. The van der Waals surface area contributed by atoms with Gasteiger partial charge in [0.15, 0.2) is 0 Å². The van der Waals surface area contributed by atoms with Gasteiger partial charge in [-0.2, -0.15) is 13.2 Å². The Morgan fingerprint density at radius 2 is 1.90 bits per heavy atom. The van der Waals surface area contributed by atoms with Crippen LogP contribution in [-0.4, -0.2) is 30.4 Å². The Morgan fingerprint density at radius 1 is 1.30 bits per heavy atom. The van der Waals surface area contributed by atoms with Gasteiger partial charge in [0, 0.05) is 17.7 Å². The van der Waals surface area contributed by atoms with Gasteiger partial charge in [0.1, 0.15) is 9.84 Å². The molecule has 0 radical (unpaired) electrons. The monoisotopic (exact) mass is 329 g/mol. The molecule has 1 aromatic carbocycles. The van der Waals surface area contributed by atoms with Crippen molar-refractivity contribution in [1.82, 2.24) is 0 Å². The summed E-state index contributed by atoms with van der Waals surface area (Å²) in [5.41, 5.74) is 4.34. The lowest BCUT2D eigenvalue weighted by atomic mass is 10.2. The highest BCUT2D eigenvalue weighted by atomic mass is 32.2. The number of nitrogens with two attached hydrogens (primary N) is 1. The average Bonchev–Trinajstić information content (AvgIpc) is 2.25. The van der Waals surface area contributed by atoms with Gasteiger partial charge in [0.25, 0.3) is 0 Å². The van der Waals surface area contributed by atoms with E-state index in [4.69, 9.17) is 5.73 Å². The molecule has 0 fully saturated rings. The maximum absolute atomic E-state index is 12.4. The van der Waals surface area contributed by atoms with E-state index in [1.54, 1.807) is 0 Å². The van der Waals surface area contributed by atoms with Crippen molar-refractivity contribution >= 4 is 26.3 Å². The summed E-state index contributed by atoms with van der Waals surface area (Å²) >= 11 is 0. The van der Waals surface area contributed by atoms with E-state index in [2.05, 4.69) is 0 Å². The Morgan fingerprint density at radius 3 is 2.35 bits per heavy atom. The van der Waals surface area contributed by atoms with Crippen LogP contribution in [0.4, 0.5) is 18.9 Å². The quantitative estimate of drug-likeness (QED) is 0.836. The van der Waals surface area contributed by atoms with Gasteiger partial charge in [0.2, 0.25) is 0 Å². The smallest absolute Gasteiger partial charge is 0.398 e. The number of hydrogen-bond acceptors (Lipinski definition) is 4. The summed E-state index contributed by atoms with van der Waals surface area (Å²) in [6.45, 7) is 0. The average molecular weight is 329 g/mol. The number of sulfone groups is 1. The van der Waals surface area contributed by atoms with Crippen molar-refractivity contribution in [1.29, 1.82) is 0 Å². The molecule has 0 aromatic heterocycles. The summed E-state index contributed by atoms with van der Waals surface area (Å²) in [5, 5.41) is 0. The SMILES string of the molecule is CS(=O)(=O)CCCS(=O)c1ccc(C(F)(F)F)cc1N. The molecule has 0 aliphatic carbocycles. The maximum atomic E-state index is 12.4. The third kappa shape index (κ3) is 5.12. The van der Waals surface area contributed by atoms with E-state index in [1.165, 1.54) is 0 Å². The Labute approximate surface area is 117 Å². The third-order valence-electron chi connectivity index (χ3n) is 2.43. The Balaban J connectivity index is 2.80. The number of alkyl halides is 3. The molecule has 0 amide bonds. The lowest BCUT2D eigenvalue weighted by Gasteiger charge is -2.10.